The van der Waals surface area contributed by atoms with E-state index in [2.05, 4.69) is 6.58 Å². The summed E-state index contributed by atoms with van der Waals surface area (Å²) in [6.07, 6.45) is -1.33. The van der Waals surface area contributed by atoms with Crippen LogP contribution in [0.5, 0.6) is 0 Å². The zero-order chi connectivity index (χ0) is 12.8. The van der Waals surface area contributed by atoms with Gasteiger partial charge in [0.25, 0.3) is 0 Å². The average Bonchev–Trinajstić information content (AvgIpc) is 2.29. The Labute approximate surface area is 98.9 Å². The van der Waals surface area contributed by atoms with Gasteiger partial charge < -0.3 is 4.74 Å². The van der Waals surface area contributed by atoms with Crippen LogP contribution in [-0.4, -0.2) is 17.1 Å². The Hall–Kier alpha value is -2.17. The maximum atomic E-state index is 11.2. The van der Waals surface area contributed by atoms with E-state index in [-0.39, 0.29) is 12.0 Å². The van der Waals surface area contributed by atoms with Crippen molar-refractivity contribution < 1.29 is 14.5 Å². The molecule has 5 heteroatoms. The first-order valence-corrected chi connectivity index (χ1v) is 5.04. The van der Waals surface area contributed by atoms with Crippen molar-refractivity contribution in [2.24, 2.45) is 0 Å². The van der Waals surface area contributed by atoms with Gasteiger partial charge in [-0.3, -0.25) is 10.1 Å². The normalized spacial score (nSPS) is 11.6. The van der Waals surface area contributed by atoms with Crippen molar-refractivity contribution in [2.45, 2.75) is 19.6 Å². The lowest BCUT2D eigenvalue weighted by atomic mass is 10.1. The van der Waals surface area contributed by atoms with Crippen molar-refractivity contribution in [3.05, 3.63) is 58.2 Å². The molecule has 1 rings (SSSR count). The third-order valence-electron chi connectivity index (χ3n) is 2.08. The van der Waals surface area contributed by atoms with Gasteiger partial charge in [-0.25, -0.2) is 4.79 Å². The van der Waals surface area contributed by atoms with E-state index in [9.17, 15) is 14.9 Å². The topological polar surface area (TPSA) is 69.4 Å². The molecule has 0 heterocycles. The summed E-state index contributed by atoms with van der Waals surface area (Å²) in [5.41, 5.74) is 0.883. The van der Waals surface area contributed by atoms with Crippen LogP contribution >= 0.6 is 0 Å². The smallest absolute Gasteiger partial charge is 0.360 e. The lowest BCUT2D eigenvalue weighted by Crippen LogP contribution is -2.28. The molecule has 0 aliphatic rings. The summed E-state index contributed by atoms with van der Waals surface area (Å²) in [5, 5.41) is 10.8. The monoisotopic (exact) mass is 235 g/mol. The van der Waals surface area contributed by atoms with Gasteiger partial charge in [0.2, 0.25) is 0 Å². The van der Waals surface area contributed by atoms with Crippen molar-refractivity contribution in [3.63, 3.8) is 0 Å². The van der Waals surface area contributed by atoms with E-state index in [1.807, 2.05) is 6.07 Å². The predicted molar refractivity (Wildman–Crippen MR) is 61.8 cm³/mol. The van der Waals surface area contributed by atoms with Crippen LogP contribution in [0.1, 0.15) is 12.5 Å². The molecule has 0 saturated heterocycles. The largest absolute Gasteiger partial charge is 0.394 e. The molecule has 0 radical (unpaired) electrons. The standard InChI is InChI=1S/C12H13NO4/c1-9(2)12(14)17-11(13(15)16)8-10-6-4-3-5-7-10/h3-7,11H,1,8H2,2H3. The van der Waals surface area contributed by atoms with Crippen molar-refractivity contribution in [1.29, 1.82) is 0 Å². The van der Waals surface area contributed by atoms with E-state index in [0.717, 1.165) is 5.56 Å². The Kier molecular flexibility index (Phi) is 4.39. The Morgan fingerprint density at radius 1 is 1.47 bits per heavy atom. The fourth-order valence-electron chi connectivity index (χ4n) is 1.20. The highest BCUT2D eigenvalue weighted by Gasteiger charge is 2.25. The zero-order valence-electron chi connectivity index (χ0n) is 9.46. The van der Waals surface area contributed by atoms with Crippen molar-refractivity contribution in [1.82, 2.24) is 0 Å². The Balaban J connectivity index is 2.71. The third-order valence-corrected chi connectivity index (χ3v) is 2.08. The van der Waals surface area contributed by atoms with Crippen molar-refractivity contribution in [3.8, 4) is 0 Å². The molecular formula is C12H13NO4. The first kappa shape index (κ1) is 12.9. The number of esters is 1. The van der Waals surface area contributed by atoms with E-state index in [1.165, 1.54) is 6.92 Å². The fourth-order valence-corrected chi connectivity index (χ4v) is 1.20. The van der Waals surface area contributed by atoms with E-state index < -0.39 is 17.1 Å². The number of rotatable bonds is 5. The van der Waals surface area contributed by atoms with Gasteiger partial charge in [0.1, 0.15) is 0 Å². The second-order valence-corrected chi connectivity index (χ2v) is 3.62. The van der Waals surface area contributed by atoms with Crippen LogP contribution in [-0.2, 0) is 16.0 Å². The minimum Gasteiger partial charge on any atom is -0.394 e. The summed E-state index contributed by atoms with van der Waals surface area (Å²) >= 11 is 0. The first-order valence-electron chi connectivity index (χ1n) is 5.04. The maximum Gasteiger partial charge on any atom is 0.360 e. The quantitative estimate of drug-likeness (QED) is 0.257. The molecule has 0 aromatic heterocycles. The molecule has 1 unspecified atom stereocenters. The number of carbonyl (C=O) groups is 1. The van der Waals surface area contributed by atoms with Gasteiger partial charge in [0.05, 0.1) is 11.3 Å². The predicted octanol–water partition coefficient (Wildman–Crippen LogP) is 1.95. The number of carbonyl (C=O) groups excluding carboxylic acids is 1. The van der Waals surface area contributed by atoms with Crippen LogP contribution in [0, 0.1) is 10.1 Å². The summed E-state index contributed by atoms with van der Waals surface area (Å²) in [7, 11) is 0. The number of nitrogens with zero attached hydrogens (tertiary/aromatic N) is 1. The van der Waals surface area contributed by atoms with Gasteiger partial charge in [0.15, 0.2) is 0 Å². The van der Waals surface area contributed by atoms with Crippen LogP contribution in [0.25, 0.3) is 0 Å². The second-order valence-electron chi connectivity index (χ2n) is 3.62. The molecule has 0 amide bonds. The molecular weight excluding hydrogens is 222 g/mol. The van der Waals surface area contributed by atoms with Crippen molar-refractivity contribution >= 4 is 5.97 Å². The molecule has 0 aliphatic carbocycles. The molecule has 5 nitrogen and oxygen atoms in total. The van der Waals surface area contributed by atoms with Gasteiger partial charge in [-0.1, -0.05) is 36.9 Å². The van der Waals surface area contributed by atoms with Gasteiger partial charge in [0, 0.05) is 5.57 Å². The number of nitro groups is 1. The Morgan fingerprint density at radius 3 is 2.53 bits per heavy atom. The molecule has 1 aromatic rings. The van der Waals surface area contributed by atoms with Crippen LogP contribution in [0.15, 0.2) is 42.5 Å². The molecule has 90 valence electrons. The molecule has 0 spiro atoms. The van der Waals surface area contributed by atoms with E-state index in [0.29, 0.717) is 0 Å². The van der Waals surface area contributed by atoms with E-state index in [4.69, 9.17) is 4.74 Å². The molecule has 0 aliphatic heterocycles. The van der Waals surface area contributed by atoms with Gasteiger partial charge in [-0.05, 0) is 12.5 Å². The first-order chi connectivity index (χ1) is 8.00. The average molecular weight is 235 g/mol. The summed E-state index contributed by atoms with van der Waals surface area (Å²) in [4.78, 5) is 21.4. The van der Waals surface area contributed by atoms with Crippen LogP contribution < -0.4 is 0 Å². The molecule has 0 saturated carbocycles. The zero-order valence-corrected chi connectivity index (χ0v) is 9.46. The second kappa shape index (κ2) is 5.79. The summed E-state index contributed by atoms with van der Waals surface area (Å²) < 4.78 is 4.74. The van der Waals surface area contributed by atoms with E-state index >= 15 is 0 Å². The maximum absolute atomic E-state index is 11.2. The van der Waals surface area contributed by atoms with Crippen LogP contribution in [0.3, 0.4) is 0 Å². The number of benzene rings is 1. The Bertz CT molecular complexity index is 427. The molecule has 0 fully saturated rings. The molecule has 0 bridgehead atoms. The number of ether oxygens (including phenoxy) is 1. The Morgan fingerprint density at radius 2 is 2.06 bits per heavy atom. The van der Waals surface area contributed by atoms with Gasteiger partial charge in [-0.2, -0.15) is 0 Å². The molecule has 1 atom stereocenters. The van der Waals surface area contributed by atoms with Crippen LogP contribution in [0.4, 0.5) is 0 Å². The van der Waals surface area contributed by atoms with Gasteiger partial charge in [-0.15, -0.1) is 0 Å². The number of hydrogen-bond donors (Lipinski definition) is 0. The highest BCUT2D eigenvalue weighted by molar-refractivity contribution is 5.87. The lowest BCUT2D eigenvalue weighted by molar-refractivity contribution is -0.567. The molecule has 1 aromatic carbocycles. The minimum atomic E-state index is -1.37. The van der Waals surface area contributed by atoms with Gasteiger partial charge >= 0.3 is 12.2 Å². The lowest BCUT2D eigenvalue weighted by Gasteiger charge is -2.10. The fraction of sp³-hybridized carbons (Fsp3) is 0.250. The van der Waals surface area contributed by atoms with E-state index in [1.54, 1.807) is 24.3 Å². The summed E-state index contributed by atoms with van der Waals surface area (Å²) in [6.45, 7) is 4.82. The van der Waals surface area contributed by atoms with Crippen LogP contribution in [0.2, 0.25) is 0 Å². The summed E-state index contributed by atoms with van der Waals surface area (Å²) in [6, 6.07) is 8.83. The highest BCUT2D eigenvalue weighted by Crippen LogP contribution is 2.08. The minimum absolute atomic E-state index is 0.0485. The number of hydrogen-bond acceptors (Lipinski definition) is 4. The molecule has 0 N–H and O–H groups in total. The highest BCUT2D eigenvalue weighted by atomic mass is 16.7. The van der Waals surface area contributed by atoms with Crippen molar-refractivity contribution in [2.75, 3.05) is 0 Å². The SMILES string of the molecule is C=C(C)C(=O)OC(Cc1ccccc1)[N+](=O)[O-]. The third kappa shape index (κ3) is 4.06. The summed E-state index contributed by atoms with van der Waals surface area (Å²) in [5.74, 6) is -0.748. The molecule has 17 heavy (non-hydrogen) atoms.